The minimum atomic E-state index is 0.256. The highest BCUT2D eigenvalue weighted by molar-refractivity contribution is 9.10. The number of rotatable bonds is 1. The van der Waals surface area contributed by atoms with Crippen molar-refractivity contribution in [1.82, 2.24) is 4.90 Å². The van der Waals surface area contributed by atoms with E-state index in [-0.39, 0.29) is 5.75 Å². The molecule has 0 amide bonds. The maximum Gasteiger partial charge on any atom is 0.165 e. The van der Waals surface area contributed by atoms with Gasteiger partial charge in [-0.25, -0.2) is 0 Å². The Morgan fingerprint density at radius 2 is 2.09 bits per heavy atom. The molecule has 4 rings (SSSR count). The normalized spacial score (nSPS) is 19.5. The Bertz CT molecular complexity index is 772. The summed E-state index contributed by atoms with van der Waals surface area (Å²) in [4.78, 5) is 2.42. The van der Waals surface area contributed by atoms with Crippen LogP contribution in [0.4, 0.5) is 0 Å². The van der Waals surface area contributed by atoms with E-state index in [1.54, 1.807) is 7.11 Å². The van der Waals surface area contributed by atoms with E-state index in [9.17, 15) is 5.11 Å². The van der Waals surface area contributed by atoms with Crippen LogP contribution in [0.3, 0.4) is 0 Å². The Labute approximate surface area is 138 Å². The van der Waals surface area contributed by atoms with Gasteiger partial charge in [0.25, 0.3) is 0 Å². The third kappa shape index (κ3) is 1.90. The van der Waals surface area contributed by atoms with E-state index >= 15 is 0 Å². The molecule has 0 fully saturated rings. The number of hydrogen-bond donors (Lipinski definition) is 1. The first-order chi connectivity index (χ1) is 10.6. The smallest absolute Gasteiger partial charge is 0.165 e. The SMILES string of the molecule is COc1ccc2c(c1O)-c1cc(Br)cc3c1[C@@H](C2)N(C)CC3. The predicted octanol–water partition coefficient (Wildman–Crippen LogP) is 3.92. The summed E-state index contributed by atoms with van der Waals surface area (Å²) in [6.07, 6.45) is 1.99. The highest BCUT2D eigenvalue weighted by Gasteiger charge is 2.34. The summed E-state index contributed by atoms with van der Waals surface area (Å²) in [7, 11) is 3.78. The van der Waals surface area contributed by atoms with Gasteiger partial charge < -0.3 is 9.84 Å². The summed E-state index contributed by atoms with van der Waals surface area (Å²) in [5.41, 5.74) is 6.02. The van der Waals surface area contributed by atoms with Gasteiger partial charge >= 0.3 is 0 Å². The lowest BCUT2D eigenvalue weighted by molar-refractivity contribution is 0.228. The molecule has 0 saturated carbocycles. The number of methoxy groups -OCH3 is 1. The van der Waals surface area contributed by atoms with Gasteiger partial charge in [-0.3, -0.25) is 4.90 Å². The topological polar surface area (TPSA) is 32.7 Å². The van der Waals surface area contributed by atoms with Crippen molar-refractivity contribution in [3.8, 4) is 22.6 Å². The lowest BCUT2D eigenvalue weighted by Gasteiger charge is -2.40. The Balaban J connectivity index is 2.05. The highest BCUT2D eigenvalue weighted by Crippen LogP contribution is 2.50. The van der Waals surface area contributed by atoms with E-state index < -0.39 is 0 Å². The molecule has 0 bridgehead atoms. The second-order valence-electron chi connectivity index (χ2n) is 6.13. The third-order valence-corrected chi connectivity index (χ3v) is 5.42. The predicted molar refractivity (Wildman–Crippen MR) is 90.6 cm³/mol. The number of phenols is 1. The molecule has 0 radical (unpaired) electrons. The molecule has 2 aliphatic rings. The van der Waals surface area contributed by atoms with Gasteiger partial charge in [-0.2, -0.15) is 0 Å². The number of phenolic OH excluding ortho intramolecular Hbond substituents is 1. The van der Waals surface area contributed by atoms with E-state index in [0.29, 0.717) is 11.8 Å². The molecule has 0 aromatic heterocycles. The van der Waals surface area contributed by atoms with Gasteiger partial charge in [0.2, 0.25) is 0 Å². The highest BCUT2D eigenvalue weighted by atomic mass is 79.9. The maximum absolute atomic E-state index is 10.7. The van der Waals surface area contributed by atoms with Crippen molar-refractivity contribution in [2.24, 2.45) is 0 Å². The van der Waals surface area contributed by atoms with Crippen molar-refractivity contribution in [3.05, 3.63) is 45.4 Å². The van der Waals surface area contributed by atoms with E-state index in [2.05, 4.69) is 46.1 Å². The fraction of sp³-hybridized carbons (Fsp3) is 0.333. The molecular weight excluding hydrogens is 342 g/mol. The van der Waals surface area contributed by atoms with E-state index in [0.717, 1.165) is 35.0 Å². The van der Waals surface area contributed by atoms with Gasteiger partial charge in [0.15, 0.2) is 11.5 Å². The summed E-state index contributed by atoms with van der Waals surface area (Å²) in [5, 5.41) is 10.7. The summed E-state index contributed by atoms with van der Waals surface area (Å²) < 4.78 is 6.37. The fourth-order valence-corrected chi connectivity index (χ4v) is 4.38. The van der Waals surface area contributed by atoms with Crippen molar-refractivity contribution in [2.75, 3.05) is 20.7 Å². The molecule has 22 heavy (non-hydrogen) atoms. The number of benzene rings is 2. The molecule has 1 aliphatic heterocycles. The maximum atomic E-state index is 10.7. The van der Waals surface area contributed by atoms with Crippen LogP contribution in [-0.2, 0) is 12.8 Å². The zero-order chi connectivity index (χ0) is 15.4. The molecule has 4 heteroatoms. The van der Waals surface area contributed by atoms with Crippen LogP contribution < -0.4 is 4.74 Å². The zero-order valence-electron chi connectivity index (χ0n) is 12.7. The minimum absolute atomic E-state index is 0.256. The standard InChI is InChI=1S/C18H18BrNO2/c1-20-6-5-11-7-12(19)9-13-16(11)14(20)8-10-3-4-15(22-2)18(21)17(10)13/h3-4,7,9,14,21H,5-6,8H2,1-2H3/t14-/m1/s1. The number of nitrogens with zero attached hydrogens (tertiary/aromatic N) is 1. The molecule has 0 spiro atoms. The third-order valence-electron chi connectivity index (χ3n) is 4.96. The van der Waals surface area contributed by atoms with E-state index in [1.807, 2.05) is 6.07 Å². The van der Waals surface area contributed by atoms with Gasteiger partial charge in [-0.15, -0.1) is 0 Å². The number of fused-ring (bicyclic) bond motifs is 2. The number of likely N-dealkylation sites (N-methyl/N-ethyl adjacent to an activating group) is 1. The van der Waals surface area contributed by atoms with Crippen LogP contribution in [-0.4, -0.2) is 30.7 Å². The molecule has 0 unspecified atom stereocenters. The molecule has 1 aliphatic carbocycles. The lowest BCUT2D eigenvalue weighted by Crippen LogP contribution is -2.35. The lowest BCUT2D eigenvalue weighted by atomic mass is 9.77. The van der Waals surface area contributed by atoms with Crippen LogP contribution in [0.25, 0.3) is 11.1 Å². The molecule has 3 nitrogen and oxygen atoms in total. The van der Waals surface area contributed by atoms with Crippen LogP contribution in [0.5, 0.6) is 11.5 Å². The number of ether oxygens (including phenoxy) is 1. The van der Waals surface area contributed by atoms with Crippen molar-refractivity contribution < 1.29 is 9.84 Å². The average molecular weight is 360 g/mol. The second-order valence-corrected chi connectivity index (χ2v) is 7.04. The second kappa shape index (κ2) is 5.00. The van der Waals surface area contributed by atoms with Crippen LogP contribution in [0.15, 0.2) is 28.7 Å². The first-order valence-corrected chi connectivity index (χ1v) is 8.31. The van der Waals surface area contributed by atoms with Crippen LogP contribution in [0.1, 0.15) is 22.7 Å². The molecule has 2 aromatic carbocycles. The minimum Gasteiger partial charge on any atom is -0.504 e. The van der Waals surface area contributed by atoms with Crippen LogP contribution >= 0.6 is 15.9 Å². The fourth-order valence-electron chi connectivity index (χ4n) is 3.87. The van der Waals surface area contributed by atoms with Crippen molar-refractivity contribution in [1.29, 1.82) is 0 Å². The first kappa shape index (κ1) is 14.1. The number of aromatic hydroxyl groups is 1. The van der Waals surface area contributed by atoms with Crippen molar-refractivity contribution >= 4 is 15.9 Å². The Kier molecular flexibility index (Phi) is 3.20. The zero-order valence-corrected chi connectivity index (χ0v) is 14.3. The molecule has 1 atom stereocenters. The van der Waals surface area contributed by atoms with Gasteiger partial charge in [-0.1, -0.05) is 22.0 Å². The first-order valence-electron chi connectivity index (χ1n) is 7.52. The van der Waals surface area contributed by atoms with Gasteiger partial charge in [-0.05, 0) is 60.3 Å². The molecule has 1 heterocycles. The van der Waals surface area contributed by atoms with Crippen LogP contribution in [0, 0.1) is 0 Å². The van der Waals surface area contributed by atoms with Crippen LogP contribution in [0.2, 0.25) is 0 Å². The summed E-state index contributed by atoms with van der Waals surface area (Å²) in [5.74, 6) is 0.794. The molecule has 2 aromatic rings. The molecular formula is C18H18BrNO2. The molecule has 114 valence electrons. The van der Waals surface area contributed by atoms with Crippen molar-refractivity contribution in [2.45, 2.75) is 18.9 Å². The molecule has 1 N–H and O–H groups in total. The Morgan fingerprint density at radius 1 is 1.27 bits per heavy atom. The Hall–Kier alpha value is -1.52. The quantitative estimate of drug-likeness (QED) is 0.837. The summed E-state index contributed by atoms with van der Waals surface area (Å²) >= 11 is 3.63. The van der Waals surface area contributed by atoms with E-state index in [4.69, 9.17) is 4.74 Å². The number of halogens is 1. The van der Waals surface area contributed by atoms with E-state index in [1.165, 1.54) is 16.7 Å². The van der Waals surface area contributed by atoms with Gasteiger partial charge in [0.1, 0.15) is 0 Å². The monoisotopic (exact) mass is 359 g/mol. The number of hydrogen-bond acceptors (Lipinski definition) is 3. The largest absolute Gasteiger partial charge is 0.504 e. The average Bonchev–Trinajstić information content (AvgIpc) is 2.50. The summed E-state index contributed by atoms with van der Waals surface area (Å²) in [6.45, 7) is 1.07. The van der Waals surface area contributed by atoms with Gasteiger partial charge in [0, 0.05) is 22.6 Å². The van der Waals surface area contributed by atoms with Crippen molar-refractivity contribution in [3.63, 3.8) is 0 Å². The van der Waals surface area contributed by atoms with Gasteiger partial charge in [0.05, 0.1) is 7.11 Å². The summed E-state index contributed by atoms with van der Waals surface area (Å²) in [6, 6.07) is 8.69. The Morgan fingerprint density at radius 3 is 2.86 bits per heavy atom. The molecule has 0 saturated heterocycles.